The van der Waals surface area contributed by atoms with E-state index in [0.717, 1.165) is 16.0 Å². The van der Waals surface area contributed by atoms with Crippen molar-refractivity contribution < 1.29 is 23.6 Å². The van der Waals surface area contributed by atoms with Crippen LogP contribution in [0.15, 0.2) is 53.0 Å². The first-order chi connectivity index (χ1) is 14.8. The van der Waals surface area contributed by atoms with Gasteiger partial charge in [0.2, 0.25) is 0 Å². The van der Waals surface area contributed by atoms with Crippen molar-refractivity contribution in [3.63, 3.8) is 0 Å². The van der Waals surface area contributed by atoms with Gasteiger partial charge in [0.05, 0.1) is 11.7 Å². The predicted octanol–water partition coefficient (Wildman–Crippen LogP) is 2.96. The Balaban J connectivity index is 1.42. The summed E-state index contributed by atoms with van der Waals surface area (Å²) in [7, 11) is -1.51. The molecule has 0 aromatic heterocycles. The molecule has 0 saturated heterocycles. The van der Waals surface area contributed by atoms with Gasteiger partial charge in [0, 0.05) is 33.6 Å². The molecule has 2 aliphatic heterocycles. The van der Waals surface area contributed by atoms with Crippen LogP contribution in [-0.4, -0.2) is 62.5 Å². The lowest BCUT2D eigenvalue weighted by atomic mass is 10.1. The number of carbonyl (C=O) groups is 2. The van der Waals surface area contributed by atoms with Crippen LogP contribution in [0.4, 0.5) is 4.79 Å². The number of ether oxygens (including phenoxy) is 1. The maximum atomic E-state index is 13.5. The lowest BCUT2D eigenvalue weighted by molar-refractivity contribution is -0.140. The molecule has 4 atom stereocenters. The third-order valence-corrected chi connectivity index (χ3v) is 10.1. The summed E-state index contributed by atoms with van der Waals surface area (Å²) in [6.45, 7) is 1.05. The van der Waals surface area contributed by atoms with E-state index < -0.39 is 21.2 Å². The summed E-state index contributed by atoms with van der Waals surface area (Å²) in [4.78, 5) is 26.4. The Hall–Kier alpha value is -2.23. The van der Waals surface area contributed by atoms with E-state index >= 15 is 0 Å². The zero-order valence-corrected chi connectivity index (χ0v) is 18.9. The van der Waals surface area contributed by atoms with Crippen molar-refractivity contribution in [1.82, 2.24) is 9.62 Å². The molecule has 1 aromatic carbocycles. The SMILES string of the molecule is C=S(=O)(NC1(C(=O)O)C[C@@H]1c1ccccc1)C1CC=C(C2=CCN(C(=O)OC)CC2)S1. The van der Waals surface area contributed by atoms with Gasteiger partial charge in [-0.3, -0.25) is 9.00 Å². The number of nitrogens with one attached hydrogen (secondary N) is 1. The Kier molecular flexibility index (Phi) is 5.93. The number of allylic oxidation sites excluding steroid dienone is 2. The number of carboxylic acid groups (broad SMARTS) is 1. The lowest BCUT2D eigenvalue weighted by Gasteiger charge is -2.26. The van der Waals surface area contributed by atoms with Gasteiger partial charge in [0.1, 0.15) is 5.54 Å². The maximum Gasteiger partial charge on any atom is 0.409 e. The summed E-state index contributed by atoms with van der Waals surface area (Å²) in [5.74, 6) is 2.71. The number of carboxylic acids is 1. The minimum Gasteiger partial charge on any atom is -0.480 e. The number of methoxy groups -OCH3 is 1. The molecule has 0 radical (unpaired) electrons. The summed E-state index contributed by atoms with van der Waals surface area (Å²) in [5, 5.41) is 9.90. The van der Waals surface area contributed by atoms with Crippen LogP contribution >= 0.6 is 11.8 Å². The van der Waals surface area contributed by atoms with Gasteiger partial charge in [-0.25, -0.2) is 9.52 Å². The number of hydrogen-bond acceptors (Lipinski definition) is 5. The molecule has 31 heavy (non-hydrogen) atoms. The summed E-state index contributed by atoms with van der Waals surface area (Å²) in [6, 6.07) is 9.45. The predicted molar refractivity (Wildman–Crippen MR) is 123 cm³/mol. The Morgan fingerprint density at radius 1 is 1.32 bits per heavy atom. The molecular weight excluding hydrogens is 436 g/mol. The molecule has 2 N–H and O–H groups in total. The summed E-state index contributed by atoms with van der Waals surface area (Å²) in [5.41, 5.74) is 0.798. The van der Waals surface area contributed by atoms with Crippen molar-refractivity contribution >= 4 is 39.4 Å². The number of hydrogen-bond donors (Lipinski definition) is 2. The summed E-state index contributed by atoms with van der Waals surface area (Å²) < 4.78 is 20.9. The Morgan fingerprint density at radius 3 is 2.68 bits per heavy atom. The van der Waals surface area contributed by atoms with Gasteiger partial charge in [0.25, 0.3) is 0 Å². The second kappa shape index (κ2) is 8.37. The van der Waals surface area contributed by atoms with Gasteiger partial charge in [0.15, 0.2) is 0 Å². The van der Waals surface area contributed by atoms with Crippen LogP contribution in [0.25, 0.3) is 0 Å². The van der Waals surface area contributed by atoms with Crippen LogP contribution in [0.2, 0.25) is 0 Å². The Labute approximate surface area is 186 Å². The molecule has 0 bridgehead atoms. The van der Waals surface area contributed by atoms with Crippen LogP contribution in [0, 0.1) is 0 Å². The van der Waals surface area contributed by atoms with Crippen LogP contribution in [0.5, 0.6) is 0 Å². The summed E-state index contributed by atoms with van der Waals surface area (Å²) >= 11 is 1.48. The molecule has 3 unspecified atom stereocenters. The van der Waals surface area contributed by atoms with Crippen LogP contribution in [0.3, 0.4) is 0 Å². The monoisotopic (exact) mass is 462 g/mol. The maximum absolute atomic E-state index is 13.5. The van der Waals surface area contributed by atoms with E-state index in [9.17, 15) is 18.9 Å². The van der Waals surface area contributed by atoms with Gasteiger partial charge < -0.3 is 14.7 Å². The van der Waals surface area contributed by atoms with Gasteiger partial charge in [-0.1, -0.05) is 42.5 Å². The standard InChI is InChI=1S/C22H26N2O5S2/c1-29-21(27)24-12-10-16(11-13-24)18-8-9-19(30-18)31(2,28)23-22(20(25)26)14-17(22)15-6-4-3-5-7-15/h3-8,10,17,19H,2,9,11-14H2,1H3,(H,23,28)(H,25,26)/t17-,19?,22?,31?/m1/s1. The van der Waals surface area contributed by atoms with Gasteiger partial charge in [-0.05, 0) is 36.3 Å². The van der Waals surface area contributed by atoms with Crippen LogP contribution < -0.4 is 4.72 Å². The average molecular weight is 463 g/mol. The Morgan fingerprint density at radius 2 is 2.06 bits per heavy atom. The summed E-state index contributed by atoms with van der Waals surface area (Å²) in [6.07, 6.45) is 5.33. The van der Waals surface area contributed by atoms with E-state index in [4.69, 9.17) is 4.74 Å². The molecule has 1 aliphatic carbocycles. The van der Waals surface area contributed by atoms with Crippen molar-refractivity contribution in [2.24, 2.45) is 0 Å². The molecular formula is C22H26N2O5S2. The molecule has 7 nitrogen and oxygen atoms in total. The molecule has 0 spiro atoms. The molecule has 1 fully saturated rings. The Bertz CT molecular complexity index is 1050. The van der Waals surface area contributed by atoms with Crippen molar-refractivity contribution in [2.45, 2.75) is 35.3 Å². The van der Waals surface area contributed by atoms with Crippen molar-refractivity contribution in [2.75, 3.05) is 20.2 Å². The lowest BCUT2D eigenvalue weighted by Crippen LogP contribution is -2.47. The first-order valence-electron chi connectivity index (χ1n) is 10.1. The van der Waals surface area contributed by atoms with E-state index in [1.54, 1.807) is 4.90 Å². The van der Waals surface area contributed by atoms with Gasteiger partial charge >= 0.3 is 12.1 Å². The van der Waals surface area contributed by atoms with E-state index in [1.807, 2.05) is 42.5 Å². The highest BCUT2D eigenvalue weighted by atomic mass is 32.3. The first-order valence-corrected chi connectivity index (χ1v) is 12.8. The minimum atomic E-state index is -2.87. The number of aliphatic carboxylic acids is 1. The number of nitrogens with zero attached hydrogens (tertiary/aromatic N) is 1. The smallest absolute Gasteiger partial charge is 0.409 e. The normalized spacial score (nSPS) is 29.5. The highest BCUT2D eigenvalue weighted by Gasteiger charge is 2.62. The zero-order valence-electron chi connectivity index (χ0n) is 17.3. The zero-order chi connectivity index (χ0) is 22.2. The third-order valence-electron chi connectivity index (χ3n) is 6.04. The molecule has 9 heteroatoms. The van der Waals surface area contributed by atoms with E-state index in [2.05, 4.69) is 10.6 Å². The minimum absolute atomic E-state index is 0.224. The molecule has 166 valence electrons. The van der Waals surface area contributed by atoms with E-state index in [-0.39, 0.29) is 16.6 Å². The number of amides is 1. The van der Waals surface area contributed by atoms with Crippen LogP contribution in [0.1, 0.15) is 30.7 Å². The average Bonchev–Trinajstić information content (AvgIpc) is 3.27. The number of rotatable bonds is 6. The molecule has 1 saturated carbocycles. The highest BCUT2D eigenvalue weighted by molar-refractivity contribution is 8.18. The second-order valence-corrected chi connectivity index (χ2v) is 11.8. The number of thioether (sulfide) groups is 1. The molecule has 1 amide bonds. The molecule has 4 rings (SSSR count). The van der Waals surface area contributed by atoms with Crippen molar-refractivity contribution in [1.29, 1.82) is 0 Å². The first kappa shape index (κ1) is 22.0. The van der Waals surface area contributed by atoms with E-state index in [1.165, 1.54) is 18.9 Å². The molecule has 1 aromatic rings. The number of carbonyl (C=O) groups excluding carboxylic acids is 1. The fourth-order valence-electron chi connectivity index (χ4n) is 4.19. The highest BCUT2D eigenvalue weighted by Crippen LogP contribution is 2.53. The third kappa shape index (κ3) is 4.26. The topological polar surface area (TPSA) is 95.9 Å². The fraction of sp³-hybridized carbons (Fsp3) is 0.409. The van der Waals surface area contributed by atoms with Crippen molar-refractivity contribution in [3.8, 4) is 0 Å². The van der Waals surface area contributed by atoms with Gasteiger partial charge in [-0.2, -0.15) is 0 Å². The molecule has 3 aliphatic rings. The van der Waals surface area contributed by atoms with Crippen molar-refractivity contribution in [3.05, 3.63) is 58.5 Å². The van der Waals surface area contributed by atoms with E-state index in [0.29, 0.717) is 32.4 Å². The number of benzene rings is 1. The van der Waals surface area contributed by atoms with Gasteiger partial charge in [-0.15, -0.1) is 11.8 Å². The second-order valence-electron chi connectivity index (χ2n) is 8.02. The van der Waals surface area contributed by atoms with Crippen LogP contribution in [-0.2, 0) is 19.2 Å². The fourth-order valence-corrected chi connectivity index (χ4v) is 7.74. The quantitative estimate of drug-likeness (QED) is 0.631. The largest absolute Gasteiger partial charge is 0.480 e. The molecule has 2 heterocycles.